The van der Waals surface area contributed by atoms with Crippen LogP contribution in [0.4, 0.5) is 0 Å². The molecule has 0 aliphatic carbocycles. The normalized spacial score (nSPS) is 11.3. The number of ether oxygens (including phenoxy) is 2. The number of halogens is 1. The molecule has 0 fully saturated rings. The van der Waals surface area contributed by atoms with E-state index in [-0.39, 0.29) is 18.4 Å². The molecule has 0 aliphatic rings. The molecule has 41 heavy (non-hydrogen) atoms. The van der Waals surface area contributed by atoms with Crippen molar-refractivity contribution in [1.82, 2.24) is 4.90 Å². The van der Waals surface area contributed by atoms with E-state index in [9.17, 15) is 4.79 Å². The van der Waals surface area contributed by atoms with Crippen LogP contribution in [-0.2, 0) is 24.4 Å². The number of nitrogens with zero attached hydrogens (tertiary/aromatic N) is 1. The van der Waals surface area contributed by atoms with Crippen LogP contribution in [0.1, 0.15) is 38.7 Å². The Morgan fingerprint density at radius 1 is 0.610 bits per heavy atom. The van der Waals surface area contributed by atoms with Gasteiger partial charge in [-0.1, -0.05) is 121 Å². The van der Waals surface area contributed by atoms with Crippen LogP contribution in [0.15, 0.2) is 146 Å². The van der Waals surface area contributed by atoms with Crippen molar-refractivity contribution in [2.24, 2.45) is 0 Å². The Balaban J connectivity index is 0.00000387. The van der Waals surface area contributed by atoms with Crippen LogP contribution in [0.3, 0.4) is 0 Å². The molecule has 5 heteroatoms. The first-order chi connectivity index (χ1) is 19.7. The maximum atomic E-state index is 13.3. The lowest BCUT2D eigenvalue weighted by Gasteiger charge is -2.28. The number of esters is 1. The first-order valence-electron chi connectivity index (χ1n) is 13.6. The van der Waals surface area contributed by atoms with E-state index in [1.807, 2.05) is 84.9 Å². The van der Waals surface area contributed by atoms with Crippen molar-refractivity contribution in [2.45, 2.75) is 25.8 Å². The highest BCUT2D eigenvalue weighted by atomic mass is 35.5. The number of hydrogen-bond donors (Lipinski definition) is 0. The molecule has 0 bridgehead atoms. The van der Waals surface area contributed by atoms with Gasteiger partial charge in [-0.15, -0.1) is 12.4 Å². The minimum Gasteiger partial charge on any atom is -0.489 e. The zero-order valence-electron chi connectivity index (χ0n) is 22.8. The highest BCUT2D eigenvalue weighted by molar-refractivity contribution is 5.89. The van der Waals surface area contributed by atoms with E-state index in [4.69, 9.17) is 9.47 Å². The number of benzene rings is 5. The standard InChI is InChI=1S/C36H33NO3.ClH/c38-36(32-20-11-4-12-21-32)40-35(33-22-13-23-34(24-33)39-28-31-18-9-3-10-19-31)27-37(25-29-14-5-1-6-15-29)26-30-16-7-2-8-17-30;/h1-24,35H,25-28H2;1H. The molecule has 5 rings (SSSR count). The maximum Gasteiger partial charge on any atom is 0.338 e. The van der Waals surface area contributed by atoms with Gasteiger partial charge in [0.25, 0.3) is 0 Å². The SMILES string of the molecule is Cl.O=C(OC(CN(Cc1ccccc1)Cc1ccccc1)c1cccc(OCc2ccccc2)c1)c1ccccc1. The van der Waals surface area contributed by atoms with Gasteiger partial charge in [0, 0.05) is 19.6 Å². The predicted octanol–water partition coefficient (Wildman–Crippen LogP) is 8.29. The summed E-state index contributed by atoms with van der Waals surface area (Å²) < 4.78 is 12.3. The lowest BCUT2D eigenvalue weighted by atomic mass is 10.1. The van der Waals surface area contributed by atoms with E-state index in [0.717, 1.165) is 30.0 Å². The molecule has 0 saturated heterocycles. The van der Waals surface area contributed by atoms with Crippen LogP contribution < -0.4 is 4.74 Å². The largest absolute Gasteiger partial charge is 0.489 e. The molecule has 0 spiro atoms. The van der Waals surface area contributed by atoms with Gasteiger partial charge in [0.15, 0.2) is 0 Å². The van der Waals surface area contributed by atoms with E-state index in [1.54, 1.807) is 12.1 Å². The van der Waals surface area contributed by atoms with Crippen molar-refractivity contribution in [3.05, 3.63) is 173 Å². The Labute approximate surface area is 248 Å². The summed E-state index contributed by atoms with van der Waals surface area (Å²) in [5.41, 5.74) is 4.91. The topological polar surface area (TPSA) is 38.8 Å². The molecule has 208 valence electrons. The Morgan fingerprint density at radius 2 is 1.12 bits per heavy atom. The average Bonchev–Trinajstić information content (AvgIpc) is 3.02. The predicted molar refractivity (Wildman–Crippen MR) is 166 cm³/mol. The van der Waals surface area contributed by atoms with Crippen LogP contribution in [0, 0.1) is 0 Å². The number of hydrogen-bond acceptors (Lipinski definition) is 4. The zero-order chi connectivity index (χ0) is 27.4. The third kappa shape index (κ3) is 9.07. The summed E-state index contributed by atoms with van der Waals surface area (Å²) in [4.78, 5) is 15.6. The molecule has 0 amide bonds. The van der Waals surface area contributed by atoms with Gasteiger partial charge in [-0.2, -0.15) is 0 Å². The maximum absolute atomic E-state index is 13.3. The fraction of sp³-hybridized carbons (Fsp3) is 0.139. The second-order valence-electron chi connectivity index (χ2n) is 9.75. The summed E-state index contributed by atoms with van der Waals surface area (Å²) in [6.07, 6.45) is -0.500. The number of carbonyl (C=O) groups is 1. The summed E-state index contributed by atoms with van der Waals surface area (Å²) >= 11 is 0. The number of rotatable bonds is 12. The highest BCUT2D eigenvalue weighted by Gasteiger charge is 2.22. The van der Waals surface area contributed by atoms with Crippen molar-refractivity contribution in [3.63, 3.8) is 0 Å². The molecule has 0 aliphatic heterocycles. The molecule has 0 aromatic heterocycles. The average molecular weight is 564 g/mol. The fourth-order valence-corrected chi connectivity index (χ4v) is 4.63. The lowest BCUT2D eigenvalue weighted by molar-refractivity contribution is 0.0178. The molecular formula is C36H34ClNO3. The first-order valence-corrected chi connectivity index (χ1v) is 13.6. The van der Waals surface area contributed by atoms with Gasteiger partial charge in [-0.05, 0) is 46.5 Å². The van der Waals surface area contributed by atoms with E-state index in [1.165, 1.54) is 11.1 Å². The minimum absolute atomic E-state index is 0. The zero-order valence-corrected chi connectivity index (χ0v) is 23.7. The molecule has 1 unspecified atom stereocenters. The van der Waals surface area contributed by atoms with Gasteiger partial charge < -0.3 is 9.47 Å². The molecule has 4 nitrogen and oxygen atoms in total. The van der Waals surface area contributed by atoms with Crippen LogP contribution in [0.5, 0.6) is 5.75 Å². The number of carbonyl (C=O) groups excluding carboxylic acids is 1. The molecule has 0 heterocycles. The Bertz CT molecular complexity index is 1420. The van der Waals surface area contributed by atoms with E-state index in [2.05, 4.69) is 53.4 Å². The molecule has 1 atom stereocenters. The Morgan fingerprint density at radius 3 is 1.68 bits per heavy atom. The molecule has 0 saturated carbocycles. The second kappa shape index (κ2) is 15.4. The van der Waals surface area contributed by atoms with Gasteiger partial charge in [0.2, 0.25) is 0 Å². The van der Waals surface area contributed by atoms with Crippen molar-refractivity contribution in [1.29, 1.82) is 0 Å². The first kappa shape index (κ1) is 29.6. The van der Waals surface area contributed by atoms with Crippen LogP contribution in [0.25, 0.3) is 0 Å². The Hall–Kier alpha value is -4.38. The monoisotopic (exact) mass is 563 g/mol. The van der Waals surface area contributed by atoms with E-state index >= 15 is 0 Å². The highest BCUT2D eigenvalue weighted by Crippen LogP contribution is 2.27. The van der Waals surface area contributed by atoms with Crippen molar-refractivity contribution < 1.29 is 14.3 Å². The second-order valence-corrected chi connectivity index (χ2v) is 9.75. The van der Waals surface area contributed by atoms with Gasteiger partial charge in [0.1, 0.15) is 18.5 Å². The van der Waals surface area contributed by atoms with Crippen LogP contribution >= 0.6 is 12.4 Å². The third-order valence-electron chi connectivity index (χ3n) is 6.66. The van der Waals surface area contributed by atoms with Crippen LogP contribution in [0.2, 0.25) is 0 Å². The summed E-state index contributed by atoms with van der Waals surface area (Å²) in [6.45, 7) is 2.43. The molecule has 5 aromatic rings. The van der Waals surface area contributed by atoms with Gasteiger partial charge in [0.05, 0.1) is 5.56 Å². The summed E-state index contributed by atoms with van der Waals surface area (Å²) in [7, 11) is 0. The fourth-order valence-electron chi connectivity index (χ4n) is 4.63. The van der Waals surface area contributed by atoms with Crippen molar-refractivity contribution >= 4 is 18.4 Å². The molecule has 0 radical (unpaired) electrons. The lowest BCUT2D eigenvalue weighted by Crippen LogP contribution is -2.30. The summed E-state index contributed by atoms with van der Waals surface area (Å²) in [6, 6.07) is 47.9. The molecule has 5 aromatic carbocycles. The van der Waals surface area contributed by atoms with Gasteiger partial charge >= 0.3 is 5.97 Å². The molecular weight excluding hydrogens is 530 g/mol. The quantitative estimate of drug-likeness (QED) is 0.143. The third-order valence-corrected chi connectivity index (χ3v) is 6.66. The van der Waals surface area contributed by atoms with Crippen molar-refractivity contribution in [2.75, 3.05) is 6.54 Å². The van der Waals surface area contributed by atoms with E-state index < -0.39 is 6.10 Å². The summed E-state index contributed by atoms with van der Waals surface area (Å²) in [5.74, 6) is 0.389. The van der Waals surface area contributed by atoms with Crippen LogP contribution in [-0.4, -0.2) is 17.4 Å². The smallest absolute Gasteiger partial charge is 0.338 e. The summed E-state index contributed by atoms with van der Waals surface area (Å²) in [5, 5.41) is 0. The molecule has 0 N–H and O–H groups in total. The van der Waals surface area contributed by atoms with Gasteiger partial charge in [-0.25, -0.2) is 4.79 Å². The van der Waals surface area contributed by atoms with Crippen molar-refractivity contribution in [3.8, 4) is 5.75 Å². The Kier molecular flexibility index (Phi) is 11.1. The van der Waals surface area contributed by atoms with Gasteiger partial charge in [-0.3, -0.25) is 4.90 Å². The van der Waals surface area contributed by atoms with E-state index in [0.29, 0.717) is 18.7 Å². The minimum atomic E-state index is -0.500.